The van der Waals surface area contributed by atoms with Gasteiger partial charge in [-0.1, -0.05) is 29.3 Å². The highest BCUT2D eigenvalue weighted by Crippen LogP contribution is 2.31. The summed E-state index contributed by atoms with van der Waals surface area (Å²) in [5.41, 5.74) is 1.23. The quantitative estimate of drug-likeness (QED) is 0.643. The van der Waals surface area contributed by atoms with E-state index in [9.17, 15) is 4.79 Å². The zero-order valence-corrected chi connectivity index (χ0v) is 16.4. The molecular formula is C18H19Cl2N5O2. The number of aromatic nitrogens is 4. The van der Waals surface area contributed by atoms with Gasteiger partial charge in [-0.3, -0.25) is 9.48 Å². The lowest BCUT2D eigenvalue weighted by atomic mass is 10.2. The van der Waals surface area contributed by atoms with Crippen LogP contribution < -0.4 is 10.1 Å². The van der Waals surface area contributed by atoms with E-state index in [0.717, 1.165) is 12.2 Å². The molecule has 7 nitrogen and oxygen atoms in total. The Bertz CT molecular complexity index is 937. The van der Waals surface area contributed by atoms with Gasteiger partial charge < -0.3 is 10.1 Å². The van der Waals surface area contributed by atoms with Gasteiger partial charge in [0, 0.05) is 18.9 Å². The van der Waals surface area contributed by atoms with Gasteiger partial charge in [-0.15, -0.1) is 0 Å². The van der Waals surface area contributed by atoms with Gasteiger partial charge in [0.15, 0.2) is 6.73 Å². The summed E-state index contributed by atoms with van der Waals surface area (Å²) in [4.78, 5) is 12.4. The summed E-state index contributed by atoms with van der Waals surface area (Å²) >= 11 is 12.0. The number of hydrogen-bond acceptors (Lipinski definition) is 4. The normalized spacial score (nSPS) is 12.0. The molecule has 0 aliphatic rings. The van der Waals surface area contributed by atoms with E-state index in [4.69, 9.17) is 27.9 Å². The molecule has 3 aromatic rings. The molecule has 1 amide bonds. The summed E-state index contributed by atoms with van der Waals surface area (Å²) in [6, 6.07) is 8.46. The average molecular weight is 408 g/mol. The van der Waals surface area contributed by atoms with Crippen molar-refractivity contribution >= 4 is 29.1 Å². The molecule has 2 aromatic heterocycles. The van der Waals surface area contributed by atoms with Gasteiger partial charge in [0.1, 0.15) is 16.5 Å². The summed E-state index contributed by atoms with van der Waals surface area (Å²) in [5, 5.41) is 12.1. The zero-order valence-electron chi connectivity index (χ0n) is 14.9. The van der Waals surface area contributed by atoms with Crippen LogP contribution in [-0.2, 0) is 13.3 Å². The van der Waals surface area contributed by atoms with Crippen molar-refractivity contribution in [3.63, 3.8) is 0 Å². The monoisotopic (exact) mass is 407 g/mol. The molecule has 0 aliphatic carbocycles. The summed E-state index contributed by atoms with van der Waals surface area (Å²) in [6.45, 7) is 4.74. The van der Waals surface area contributed by atoms with Crippen molar-refractivity contribution in [3.05, 3.63) is 64.2 Å². The second kappa shape index (κ2) is 8.45. The second-order valence-electron chi connectivity index (χ2n) is 5.83. The number of nitrogens with zero attached hydrogens (tertiary/aromatic N) is 4. The van der Waals surface area contributed by atoms with Gasteiger partial charge in [0.05, 0.1) is 16.8 Å². The molecule has 142 valence electrons. The average Bonchev–Trinajstić information content (AvgIpc) is 3.32. The van der Waals surface area contributed by atoms with Crippen LogP contribution in [-0.4, -0.2) is 25.5 Å². The molecule has 3 rings (SSSR count). The van der Waals surface area contributed by atoms with E-state index in [2.05, 4.69) is 15.5 Å². The van der Waals surface area contributed by atoms with Crippen LogP contribution in [0.1, 0.15) is 36.1 Å². The molecule has 27 heavy (non-hydrogen) atoms. The number of ether oxygens (including phenoxy) is 1. The maximum absolute atomic E-state index is 12.4. The summed E-state index contributed by atoms with van der Waals surface area (Å²) in [7, 11) is 0. The maximum atomic E-state index is 12.4. The summed E-state index contributed by atoms with van der Waals surface area (Å²) in [6.07, 6.45) is 3.38. The Morgan fingerprint density at radius 2 is 2.11 bits per heavy atom. The van der Waals surface area contributed by atoms with Crippen LogP contribution in [0.4, 0.5) is 0 Å². The molecule has 0 saturated heterocycles. The Balaban J connectivity index is 1.61. The van der Waals surface area contributed by atoms with Crippen LogP contribution in [0.25, 0.3) is 0 Å². The molecule has 2 heterocycles. The number of nitrogens with one attached hydrogen (secondary N) is 1. The van der Waals surface area contributed by atoms with E-state index in [0.29, 0.717) is 21.5 Å². The van der Waals surface area contributed by atoms with Gasteiger partial charge in [-0.25, -0.2) is 4.68 Å². The minimum absolute atomic E-state index is 0.103. The molecular weight excluding hydrogens is 389 g/mol. The highest BCUT2D eigenvalue weighted by Gasteiger charge is 2.16. The van der Waals surface area contributed by atoms with Gasteiger partial charge in [-0.05, 0) is 38.1 Å². The molecule has 0 fully saturated rings. The third kappa shape index (κ3) is 4.43. The molecule has 1 atom stereocenters. The molecule has 0 spiro atoms. The number of rotatable bonds is 7. The number of hydrogen-bond donors (Lipinski definition) is 1. The Hall–Kier alpha value is -2.51. The van der Waals surface area contributed by atoms with E-state index < -0.39 is 0 Å². The maximum Gasteiger partial charge on any atom is 0.272 e. The van der Waals surface area contributed by atoms with Crippen LogP contribution in [0.3, 0.4) is 0 Å². The first-order valence-corrected chi connectivity index (χ1v) is 9.18. The zero-order chi connectivity index (χ0) is 19.4. The topological polar surface area (TPSA) is 74.0 Å². The predicted molar refractivity (Wildman–Crippen MR) is 103 cm³/mol. The lowest BCUT2D eigenvalue weighted by Gasteiger charge is -2.14. The lowest BCUT2D eigenvalue weighted by molar-refractivity contribution is 0.0931. The first-order valence-electron chi connectivity index (χ1n) is 8.42. The van der Waals surface area contributed by atoms with Crippen molar-refractivity contribution in [2.24, 2.45) is 0 Å². The van der Waals surface area contributed by atoms with Crippen molar-refractivity contribution in [3.8, 4) is 5.75 Å². The third-order valence-corrected chi connectivity index (χ3v) is 4.78. The van der Waals surface area contributed by atoms with Gasteiger partial charge >= 0.3 is 0 Å². The SMILES string of the molecule is CCn1nccc1C(C)NC(=O)c1ccn(COc2cccc(Cl)c2Cl)n1. The lowest BCUT2D eigenvalue weighted by Crippen LogP contribution is -2.28. The highest BCUT2D eigenvalue weighted by molar-refractivity contribution is 6.42. The van der Waals surface area contributed by atoms with Crippen molar-refractivity contribution < 1.29 is 9.53 Å². The van der Waals surface area contributed by atoms with Crippen LogP contribution in [0.5, 0.6) is 5.75 Å². The van der Waals surface area contributed by atoms with Crippen molar-refractivity contribution in [1.82, 2.24) is 24.9 Å². The number of benzene rings is 1. The molecule has 0 aliphatic heterocycles. The minimum atomic E-state index is -0.272. The fraction of sp³-hybridized carbons (Fsp3) is 0.278. The second-order valence-corrected chi connectivity index (χ2v) is 6.62. The van der Waals surface area contributed by atoms with Crippen molar-refractivity contribution in [2.45, 2.75) is 33.2 Å². The fourth-order valence-electron chi connectivity index (χ4n) is 2.61. The van der Waals surface area contributed by atoms with Crippen LogP contribution in [0, 0.1) is 0 Å². The largest absolute Gasteiger partial charge is 0.470 e. The number of amides is 1. The first kappa shape index (κ1) is 19.3. The predicted octanol–water partition coefficient (Wildman–Crippen LogP) is 3.93. The fourth-order valence-corrected chi connectivity index (χ4v) is 2.95. The number of aryl methyl sites for hydroxylation is 1. The Morgan fingerprint density at radius 1 is 1.30 bits per heavy atom. The van der Waals surface area contributed by atoms with Crippen LogP contribution in [0.2, 0.25) is 10.0 Å². The smallest absolute Gasteiger partial charge is 0.272 e. The van der Waals surface area contributed by atoms with Gasteiger partial charge in [0.2, 0.25) is 0 Å². The minimum Gasteiger partial charge on any atom is -0.470 e. The molecule has 0 radical (unpaired) electrons. The Kier molecular flexibility index (Phi) is 6.03. The van der Waals surface area contributed by atoms with Gasteiger partial charge in [-0.2, -0.15) is 10.2 Å². The number of halogens is 2. The van der Waals surface area contributed by atoms with Crippen molar-refractivity contribution in [1.29, 1.82) is 0 Å². The van der Waals surface area contributed by atoms with Crippen molar-refractivity contribution in [2.75, 3.05) is 0 Å². The van der Waals surface area contributed by atoms with E-state index in [1.54, 1.807) is 36.7 Å². The standard InChI is InChI=1S/C18H19Cl2N5O2/c1-3-25-15(7-9-21-25)12(2)22-18(26)14-8-10-24(23-14)11-27-16-6-4-5-13(19)17(16)20/h4-10,12H,3,11H2,1-2H3,(H,22,26). The van der Waals surface area contributed by atoms with Crippen LogP contribution >= 0.6 is 23.2 Å². The molecule has 1 N–H and O–H groups in total. The molecule has 9 heteroatoms. The Morgan fingerprint density at radius 3 is 2.89 bits per heavy atom. The van der Waals surface area contributed by atoms with E-state index in [1.165, 1.54) is 4.68 Å². The molecule has 1 unspecified atom stereocenters. The molecule has 0 saturated carbocycles. The third-order valence-electron chi connectivity index (χ3n) is 3.98. The Labute approximate surface area is 166 Å². The number of carbonyl (C=O) groups excluding carboxylic acids is 1. The van der Waals surface area contributed by atoms with E-state index >= 15 is 0 Å². The van der Waals surface area contributed by atoms with E-state index in [-0.39, 0.29) is 18.7 Å². The molecule has 1 aromatic carbocycles. The highest BCUT2D eigenvalue weighted by atomic mass is 35.5. The van der Waals surface area contributed by atoms with E-state index in [1.807, 2.05) is 24.6 Å². The number of carbonyl (C=O) groups is 1. The summed E-state index contributed by atoms with van der Waals surface area (Å²) in [5.74, 6) is 0.179. The van der Waals surface area contributed by atoms with Gasteiger partial charge in [0.25, 0.3) is 5.91 Å². The summed E-state index contributed by atoms with van der Waals surface area (Å²) < 4.78 is 8.95. The first-order chi connectivity index (χ1) is 13.0. The van der Waals surface area contributed by atoms with Crippen LogP contribution in [0.15, 0.2) is 42.7 Å². The molecule has 0 bridgehead atoms.